The molecule has 0 bridgehead atoms. The van der Waals surface area contributed by atoms with E-state index < -0.39 is 0 Å². The molecule has 8 nitrogen and oxygen atoms in total. The van der Waals surface area contributed by atoms with E-state index in [4.69, 9.17) is 16.3 Å². The number of amides is 1. The maximum Gasteiger partial charge on any atom is 0.257 e. The van der Waals surface area contributed by atoms with Crippen LogP contribution in [0.5, 0.6) is 5.75 Å². The number of likely N-dealkylation sites (N-methyl/N-ethyl adjacent to an activating group) is 1. The Balaban J connectivity index is 1.72. The molecule has 0 unspecified atom stereocenters. The molecule has 1 amide bonds. The Kier molecular flexibility index (Phi) is 7.29. The van der Waals surface area contributed by atoms with Gasteiger partial charge in [-0.1, -0.05) is 29.8 Å². The minimum absolute atomic E-state index is 0.0479. The number of ether oxygens (including phenoxy) is 1. The lowest BCUT2D eigenvalue weighted by atomic mass is 10.2. The van der Waals surface area contributed by atoms with Crippen molar-refractivity contribution in [1.29, 1.82) is 0 Å². The second kappa shape index (κ2) is 10.3. The van der Waals surface area contributed by atoms with E-state index in [1.54, 1.807) is 12.1 Å². The number of anilines is 5. The largest absolute Gasteiger partial charge is 0.484 e. The molecule has 30 heavy (non-hydrogen) atoms. The van der Waals surface area contributed by atoms with Crippen molar-refractivity contribution >= 4 is 46.3 Å². The Bertz CT molecular complexity index is 1010. The van der Waals surface area contributed by atoms with Crippen LogP contribution in [0.15, 0.2) is 54.7 Å². The summed E-state index contributed by atoms with van der Waals surface area (Å²) in [7, 11) is 1.84. The number of rotatable bonds is 9. The van der Waals surface area contributed by atoms with Crippen LogP contribution in [0.3, 0.4) is 0 Å². The van der Waals surface area contributed by atoms with E-state index in [0.717, 1.165) is 11.4 Å². The summed E-state index contributed by atoms with van der Waals surface area (Å²) in [4.78, 5) is 20.3. The Hall–Kier alpha value is -3.52. The van der Waals surface area contributed by atoms with Crippen molar-refractivity contribution in [3.8, 4) is 5.75 Å². The summed E-state index contributed by atoms with van der Waals surface area (Å²) < 4.78 is 5.51. The topological polar surface area (TPSA) is 100 Å². The summed E-state index contributed by atoms with van der Waals surface area (Å²) in [6.07, 6.45) is 1.52. The minimum Gasteiger partial charge on any atom is -0.484 e. The molecule has 2 aromatic carbocycles. The van der Waals surface area contributed by atoms with Gasteiger partial charge in [-0.2, -0.15) is 4.98 Å². The molecule has 1 aromatic heterocycles. The standard InChI is InChI=1S/C21H23ClN6O2/c1-3-24-19(29)13-30-15-8-6-7-14(11-15)26-21-25-12-16(22)20(28-21)27-18-10-5-4-9-17(18)23-2/h4-12,23H,3,13H2,1-2H3,(H,24,29)(H2,25,26,27,28). The molecule has 0 fully saturated rings. The average molecular weight is 427 g/mol. The monoisotopic (exact) mass is 426 g/mol. The number of nitrogens with one attached hydrogen (secondary N) is 4. The van der Waals surface area contributed by atoms with Gasteiger partial charge in [0, 0.05) is 25.3 Å². The molecular formula is C21H23ClN6O2. The number of nitrogens with zero attached hydrogens (tertiary/aromatic N) is 2. The lowest BCUT2D eigenvalue weighted by molar-refractivity contribution is -0.122. The summed E-state index contributed by atoms with van der Waals surface area (Å²) in [5, 5.41) is 12.5. The Morgan fingerprint density at radius 2 is 1.90 bits per heavy atom. The van der Waals surface area contributed by atoms with E-state index in [2.05, 4.69) is 31.2 Å². The molecule has 0 atom stereocenters. The van der Waals surface area contributed by atoms with Crippen LogP contribution >= 0.6 is 11.6 Å². The highest BCUT2D eigenvalue weighted by atomic mass is 35.5. The second-order valence-electron chi connectivity index (χ2n) is 6.21. The number of carbonyl (C=O) groups is 1. The van der Waals surface area contributed by atoms with E-state index in [9.17, 15) is 4.79 Å². The zero-order valence-electron chi connectivity index (χ0n) is 16.7. The summed E-state index contributed by atoms with van der Waals surface area (Å²) >= 11 is 6.27. The second-order valence-corrected chi connectivity index (χ2v) is 6.61. The number of carbonyl (C=O) groups excluding carboxylic acids is 1. The van der Waals surface area contributed by atoms with Gasteiger partial charge in [-0.15, -0.1) is 0 Å². The van der Waals surface area contributed by atoms with Gasteiger partial charge in [0.05, 0.1) is 17.6 Å². The van der Waals surface area contributed by atoms with Crippen LogP contribution in [-0.2, 0) is 4.79 Å². The van der Waals surface area contributed by atoms with Crippen molar-refractivity contribution in [1.82, 2.24) is 15.3 Å². The summed E-state index contributed by atoms with van der Waals surface area (Å²) in [6.45, 7) is 2.37. The number of hydrogen-bond acceptors (Lipinski definition) is 7. The maximum atomic E-state index is 11.6. The first-order valence-corrected chi connectivity index (χ1v) is 9.79. The Morgan fingerprint density at radius 1 is 1.10 bits per heavy atom. The zero-order chi connectivity index (χ0) is 21.3. The van der Waals surface area contributed by atoms with Crippen LogP contribution < -0.4 is 26.0 Å². The molecular weight excluding hydrogens is 404 g/mol. The van der Waals surface area contributed by atoms with Gasteiger partial charge in [-0.05, 0) is 31.2 Å². The number of para-hydroxylation sites is 2. The van der Waals surface area contributed by atoms with E-state index in [-0.39, 0.29) is 12.5 Å². The first-order valence-electron chi connectivity index (χ1n) is 9.42. The quantitative estimate of drug-likeness (QED) is 0.407. The minimum atomic E-state index is -0.172. The molecule has 0 saturated carbocycles. The van der Waals surface area contributed by atoms with Crippen molar-refractivity contribution in [2.24, 2.45) is 0 Å². The molecule has 156 valence electrons. The molecule has 0 aliphatic carbocycles. The maximum absolute atomic E-state index is 11.6. The first kappa shape index (κ1) is 21.2. The highest BCUT2D eigenvalue weighted by molar-refractivity contribution is 6.33. The SMILES string of the molecule is CCNC(=O)COc1cccc(Nc2ncc(Cl)c(Nc3ccccc3NC)n2)c1. The van der Waals surface area contributed by atoms with Crippen LogP contribution in [-0.4, -0.2) is 36.1 Å². The van der Waals surface area contributed by atoms with Crippen molar-refractivity contribution in [3.63, 3.8) is 0 Å². The van der Waals surface area contributed by atoms with Crippen molar-refractivity contribution in [2.75, 3.05) is 36.1 Å². The van der Waals surface area contributed by atoms with Gasteiger partial charge in [0.2, 0.25) is 5.95 Å². The van der Waals surface area contributed by atoms with Crippen molar-refractivity contribution in [2.45, 2.75) is 6.92 Å². The lowest BCUT2D eigenvalue weighted by Gasteiger charge is -2.13. The van der Waals surface area contributed by atoms with E-state index in [1.807, 2.05) is 50.4 Å². The summed E-state index contributed by atoms with van der Waals surface area (Å²) in [5.74, 6) is 1.22. The molecule has 0 radical (unpaired) electrons. The highest BCUT2D eigenvalue weighted by Crippen LogP contribution is 2.29. The molecule has 4 N–H and O–H groups in total. The molecule has 0 aliphatic heterocycles. The van der Waals surface area contributed by atoms with E-state index >= 15 is 0 Å². The van der Waals surface area contributed by atoms with Crippen LogP contribution in [0.1, 0.15) is 6.92 Å². The number of aromatic nitrogens is 2. The van der Waals surface area contributed by atoms with Gasteiger partial charge in [0.15, 0.2) is 12.4 Å². The number of hydrogen-bond donors (Lipinski definition) is 4. The molecule has 3 aromatic rings. The molecule has 9 heteroatoms. The predicted molar refractivity (Wildman–Crippen MR) is 120 cm³/mol. The number of halogens is 1. The van der Waals surface area contributed by atoms with Crippen molar-refractivity contribution < 1.29 is 9.53 Å². The molecule has 0 aliphatic rings. The average Bonchev–Trinajstić information content (AvgIpc) is 2.75. The Morgan fingerprint density at radius 3 is 2.67 bits per heavy atom. The Labute approximate surface area is 180 Å². The zero-order valence-corrected chi connectivity index (χ0v) is 17.5. The third-order valence-electron chi connectivity index (χ3n) is 4.03. The van der Waals surface area contributed by atoms with Gasteiger partial charge < -0.3 is 26.0 Å². The fraction of sp³-hybridized carbons (Fsp3) is 0.190. The third-order valence-corrected chi connectivity index (χ3v) is 4.30. The van der Waals surface area contributed by atoms with Gasteiger partial charge in [-0.25, -0.2) is 4.98 Å². The normalized spacial score (nSPS) is 10.2. The van der Waals surface area contributed by atoms with Crippen LogP contribution in [0.2, 0.25) is 5.02 Å². The fourth-order valence-corrected chi connectivity index (χ4v) is 2.78. The van der Waals surface area contributed by atoms with Crippen molar-refractivity contribution in [3.05, 3.63) is 59.8 Å². The van der Waals surface area contributed by atoms with Gasteiger partial charge >= 0.3 is 0 Å². The van der Waals surface area contributed by atoms with Crippen LogP contribution in [0.25, 0.3) is 0 Å². The number of benzene rings is 2. The van der Waals surface area contributed by atoms with Gasteiger partial charge in [0.1, 0.15) is 10.8 Å². The summed E-state index contributed by atoms with van der Waals surface area (Å²) in [5.41, 5.74) is 2.47. The van der Waals surface area contributed by atoms with Gasteiger partial charge in [0.25, 0.3) is 5.91 Å². The van der Waals surface area contributed by atoms with E-state index in [0.29, 0.717) is 34.8 Å². The smallest absolute Gasteiger partial charge is 0.257 e. The van der Waals surface area contributed by atoms with Crippen LogP contribution in [0, 0.1) is 0 Å². The van der Waals surface area contributed by atoms with Crippen LogP contribution in [0.4, 0.5) is 28.8 Å². The molecule has 3 rings (SSSR count). The lowest BCUT2D eigenvalue weighted by Crippen LogP contribution is -2.28. The molecule has 0 saturated heterocycles. The highest BCUT2D eigenvalue weighted by Gasteiger charge is 2.09. The fourth-order valence-electron chi connectivity index (χ4n) is 2.64. The molecule has 0 spiro atoms. The summed E-state index contributed by atoms with van der Waals surface area (Å²) in [6, 6.07) is 14.9. The third kappa shape index (κ3) is 5.74. The van der Waals surface area contributed by atoms with Gasteiger partial charge in [-0.3, -0.25) is 4.79 Å². The van der Waals surface area contributed by atoms with E-state index in [1.165, 1.54) is 6.20 Å². The molecule has 1 heterocycles. The first-order chi connectivity index (χ1) is 14.6. The predicted octanol–water partition coefficient (Wildman–Crippen LogP) is 4.17.